The van der Waals surface area contributed by atoms with E-state index in [1.807, 2.05) is 27.0 Å². The second-order valence-corrected chi connectivity index (χ2v) is 5.67. The molecule has 4 heteroatoms. The van der Waals surface area contributed by atoms with Gasteiger partial charge in [0.25, 0.3) is 0 Å². The maximum Gasteiger partial charge on any atom is 0.123 e. The average Bonchev–Trinajstić information content (AvgIpc) is 2.42. The topological polar surface area (TPSA) is 24.9 Å². The Balaban J connectivity index is 2.32. The summed E-state index contributed by atoms with van der Waals surface area (Å²) in [6.45, 7) is 6.93. The number of halogens is 2. The Morgan fingerprint density at radius 2 is 2.05 bits per heavy atom. The van der Waals surface area contributed by atoms with Crippen LogP contribution in [0.5, 0.6) is 0 Å². The third kappa shape index (κ3) is 4.02. The van der Waals surface area contributed by atoms with Crippen LogP contribution in [0.3, 0.4) is 0 Å². The predicted octanol–water partition coefficient (Wildman–Crippen LogP) is 4.38. The SMILES string of the molecule is CCNC(Cc1cc(F)ccc1Cl)c1ncc(C)cc1C. The van der Waals surface area contributed by atoms with Gasteiger partial charge in [0.1, 0.15) is 5.82 Å². The normalized spacial score (nSPS) is 12.4. The van der Waals surface area contributed by atoms with Gasteiger partial charge in [-0.3, -0.25) is 4.98 Å². The van der Waals surface area contributed by atoms with E-state index in [0.29, 0.717) is 11.4 Å². The van der Waals surface area contributed by atoms with Crippen LogP contribution in [0.15, 0.2) is 30.5 Å². The number of aryl methyl sites for hydroxylation is 2. The molecule has 2 aromatic rings. The quantitative estimate of drug-likeness (QED) is 0.886. The lowest BCUT2D eigenvalue weighted by Gasteiger charge is -2.20. The maximum atomic E-state index is 13.4. The number of rotatable bonds is 5. The number of aromatic nitrogens is 1. The third-order valence-electron chi connectivity index (χ3n) is 3.47. The van der Waals surface area contributed by atoms with E-state index in [9.17, 15) is 4.39 Å². The molecular formula is C17H20ClFN2. The molecule has 0 saturated carbocycles. The molecule has 1 aromatic carbocycles. The van der Waals surface area contributed by atoms with Gasteiger partial charge in [-0.2, -0.15) is 0 Å². The maximum absolute atomic E-state index is 13.4. The Hall–Kier alpha value is -1.45. The molecule has 1 N–H and O–H groups in total. The third-order valence-corrected chi connectivity index (χ3v) is 3.84. The molecule has 0 saturated heterocycles. The molecule has 0 fully saturated rings. The van der Waals surface area contributed by atoms with Crippen LogP contribution in [-0.4, -0.2) is 11.5 Å². The van der Waals surface area contributed by atoms with Crippen molar-refractivity contribution in [3.05, 3.63) is 63.7 Å². The molecule has 2 nitrogen and oxygen atoms in total. The van der Waals surface area contributed by atoms with Gasteiger partial charge in [0.2, 0.25) is 0 Å². The molecule has 0 aliphatic rings. The van der Waals surface area contributed by atoms with Crippen molar-refractivity contribution in [2.75, 3.05) is 6.54 Å². The summed E-state index contributed by atoms with van der Waals surface area (Å²) in [7, 11) is 0. The van der Waals surface area contributed by atoms with Crippen molar-refractivity contribution in [3.8, 4) is 0 Å². The summed E-state index contributed by atoms with van der Waals surface area (Å²) in [6.07, 6.45) is 2.47. The average molecular weight is 307 g/mol. The standard InChI is InChI=1S/C17H20ClFN2/c1-4-20-16(17-12(3)7-11(2)10-21-17)9-13-8-14(19)5-6-15(13)18/h5-8,10,16,20H,4,9H2,1-3H3. The fourth-order valence-corrected chi connectivity index (χ4v) is 2.72. The smallest absolute Gasteiger partial charge is 0.123 e. The fraction of sp³-hybridized carbons (Fsp3) is 0.353. The van der Waals surface area contributed by atoms with Crippen molar-refractivity contribution in [1.29, 1.82) is 0 Å². The Morgan fingerprint density at radius 3 is 2.71 bits per heavy atom. The van der Waals surface area contributed by atoms with Crippen molar-refractivity contribution in [1.82, 2.24) is 10.3 Å². The Labute approximate surface area is 130 Å². The second kappa shape index (κ2) is 7.01. The highest BCUT2D eigenvalue weighted by molar-refractivity contribution is 6.31. The Kier molecular flexibility index (Phi) is 5.32. The molecule has 0 amide bonds. The summed E-state index contributed by atoms with van der Waals surface area (Å²) in [5, 5.41) is 4.00. The molecule has 21 heavy (non-hydrogen) atoms. The van der Waals surface area contributed by atoms with Gasteiger partial charge in [0.15, 0.2) is 0 Å². The molecule has 1 unspecified atom stereocenters. The van der Waals surface area contributed by atoms with Gasteiger partial charge in [-0.05, 0) is 61.7 Å². The van der Waals surface area contributed by atoms with Crippen molar-refractivity contribution in [2.45, 2.75) is 33.2 Å². The zero-order valence-corrected chi connectivity index (χ0v) is 13.3. The molecular weight excluding hydrogens is 287 g/mol. The van der Waals surface area contributed by atoms with E-state index in [4.69, 9.17) is 11.6 Å². The van der Waals surface area contributed by atoms with E-state index in [-0.39, 0.29) is 11.9 Å². The molecule has 1 heterocycles. The van der Waals surface area contributed by atoms with Crippen LogP contribution in [0.1, 0.15) is 35.3 Å². The van der Waals surface area contributed by atoms with Crippen LogP contribution in [0.4, 0.5) is 4.39 Å². The van der Waals surface area contributed by atoms with E-state index < -0.39 is 0 Å². The van der Waals surface area contributed by atoms with Crippen molar-refractivity contribution in [3.63, 3.8) is 0 Å². The molecule has 0 radical (unpaired) electrons. The minimum atomic E-state index is -0.266. The summed E-state index contributed by atoms with van der Waals surface area (Å²) in [6, 6.07) is 6.61. The highest BCUT2D eigenvalue weighted by atomic mass is 35.5. The van der Waals surface area contributed by atoms with Gasteiger partial charge in [0.05, 0.1) is 11.7 Å². The number of pyridine rings is 1. The zero-order valence-electron chi connectivity index (χ0n) is 12.6. The van der Waals surface area contributed by atoms with E-state index in [1.54, 1.807) is 6.07 Å². The predicted molar refractivity (Wildman–Crippen MR) is 85.2 cm³/mol. The van der Waals surface area contributed by atoms with Crippen LogP contribution in [0.25, 0.3) is 0 Å². The highest BCUT2D eigenvalue weighted by Crippen LogP contribution is 2.25. The van der Waals surface area contributed by atoms with Crippen LogP contribution < -0.4 is 5.32 Å². The minimum absolute atomic E-state index is 0.0231. The van der Waals surface area contributed by atoms with Crippen LogP contribution in [-0.2, 0) is 6.42 Å². The summed E-state index contributed by atoms with van der Waals surface area (Å²) in [5.41, 5.74) is 4.05. The second-order valence-electron chi connectivity index (χ2n) is 5.26. The Morgan fingerprint density at radius 1 is 1.29 bits per heavy atom. The van der Waals surface area contributed by atoms with Gasteiger partial charge in [-0.1, -0.05) is 24.6 Å². The highest BCUT2D eigenvalue weighted by Gasteiger charge is 2.17. The number of benzene rings is 1. The number of nitrogens with one attached hydrogen (secondary N) is 1. The first-order valence-corrected chi connectivity index (χ1v) is 7.49. The molecule has 112 valence electrons. The van der Waals surface area contributed by atoms with Gasteiger partial charge in [-0.25, -0.2) is 4.39 Å². The first kappa shape index (κ1) is 15.9. The molecule has 1 atom stereocenters. The van der Waals surface area contributed by atoms with Crippen molar-refractivity contribution < 1.29 is 4.39 Å². The number of hydrogen-bond donors (Lipinski definition) is 1. The molecule has 1 aromatic heterocycles. The summed E-state index contributed by atoms with van der Waals surface area (Å²) < 4.78 is 13.4. The fourth-order valence-electron chi connectivity index (χ4n) is 2.52. The lowest BCUT2D eigenvalue weighted by atomic mass is 9.99. The summed E-state index contributed by atoms with van der Waals surface area (Å²) in [5.74, 6) is -0.266. The van der Waals surface area contributed by atoms with Gasteiger partial charge >= 0.3 is 0 Å². The molecule has 0 spiro atoms. The number of likely N-dealkylation sites (N-methyl/N-ethyl adjacent to an activating group) is 1. The molecule has 0 aliphatic heterocycles. The van der Waals surface area contributed by atoms with E-state index >= 15 is 0 Å². The minimum Gasteiger partial charge on any atom is -0.309 e. The van der Waals surface area contributed by atoms with Gasteiger partial charge in [-0.15, -0.1) is 0 Å². The monoisotopic (exact) mass is 306 g/mol. The summed E-state index contributed by atoms with van der Waals surface area (Å²) in [4.78, 5) is 4.55. The lowest BCUT2D eigenvalue weighted by molar-refractivity contribution is 0.531. The largest absolute Gasteiger partial charge is 0.309 e. The lowest BCUT2D eigenvalue weighted by Crippen LogP contribution is -2.25. The number of hydrogen-bond acceptors (Lipinski definition) is 2. The van der Waals surface area contributed by atoms with Crippen molar-refractivity contribution in [2.24, 2.45) is 0 Å². The zero-order chi connectivity index (χ0) is 15.4. The molecule has 2 rings (SSSR count). The number of nitrogens with zero attached hydrogens (tertiary/aromatic N) is 1. The van der Waals surface area contributed by atoms with E-state index in [0.717, 1.165) is 28.9 Å². The van der Waals surface area contributed by atoms with Crippen LogP contribution >= 0.6 is 11.6 Å². The van der Waals surface area contributed by atoms with Crippen LogP contribution in [0, 0.1) is 19.7 Å². The Bertz CT molecular complexity index is 628. The molecule has 0 bridgehead atoms. The van der Waals surface area contributed by atoms with E-state index in [2.05, 4.69) is 16.4 Å². The first-order valence-electron chi connectivity index (χ1n) is 7.11. The molecule has 0 aliphatic carbocycles. The summed E-state index contributed by atoms with van der Waals surface area (Å²) >= 11 is 6.18. The van der Waals surface area contributed by atoms with E-state index in [1.165, 1.54) is 12.1 Å². The van der Waals surface area contributed by atoms with Crippen LogP contribution in [0.2, 0.25) is 5.02 Å². The van der Waals surface area contributed by atoms with Crippen molar-refractivity contribution >= 4 is 11.6 Å². The van der Waals surface area contributed by atoms with Gasteiger partial charge in [0, 0.05) is 11.2 Å². The first-order chi connectivity index (χ1) is 10.0. The van der Waals surface area contributed by atoms with Gasteiger partial charge < -0.3 is 5.32 Å².